The van der Waals surface area contributed by atoms with Crippen LogP contribution in [0, 0.1) is 0 Å². The maximum atomic E-state index is 13.8. The Morgan fingerprint density at radius 3 is 2.18 bits per heavy atom. The molecule has 4 aromatic rings. The SMILES string of the molecule is CN(c1ccccc1)S(=O)(=O)c1c(-c2ccccc2)csc1C(=O)NCc1ccc(Cl)cc1. The summed E-state index contributed by atoms with van der Waals surface area (Å²) < 4.78 is 28.7. The first kappa shape index (κ1) is 23.0. The van der Waals surface area contributed by atoms with Gasteiger partial charge >= 0.3 is 0 Å². The zero-order valence-electron chi connectivity index (χ0n) is 17.7. The van der Waals surface area contributed by atoms with Gasteiger partial charge in [-0.15, -0.1) is 11.3 Å². The van der Waals surface area contributed by atoms with E-state index in [-0.39, 0.29) is 16.3 Å². The Hall–Kier alpha value is -3.13. The Morgan fingerprint density at radius 2 is 1.55 bits per heavy atom. The first-order chi connectivity index (χ1) is 15.9. The Labute approximate surface area is 202 Å². The lowest BCUT2D eigenvalue weighted by Crippen LogP contribution is -2.30. The quantitative estimate of drug-likeness (QED) is 0.350. The molecule has 0 saturated heterocycles. The van der Waals surface area contributed by atoms with E-state index >= 15 is 0 Å². The molecule has 0 aliphatic heterocycles. The molecule has 0 bridgehead atoms. The van der Waals surface area contributed by atoms with Crippen molar-refractivity contribution in [2.45, 2.75) is 11.4 Å². The highest BCUT2D eigenvalue weighted by atomic mass is 35.5. The van der Waals surface area contributed by atoms with E-state index in [2.05, 4.69) is 5.32 Å². The van der Waals surface area contributed by atoms with Gasteiger partial charge < -0.3 is 5.32 Å². The van der Waals surface area contributed by atoms with Crippen molar-refractivity contribution in [3.05, 3.63) is 106 Å². The number of halogens is 1. The molecular weight excluding hydrogens is 476 g/mol. The summed E-state index contributed by atoms with van der Waals surface area (Å²) in [5.41, 5.74) is 2.60. The average molecular weight is 497 g/mol. The highest BCUT2D eigenvalue weighted by Crippen LogP contribution is 2.37. The summed E-state index contributed by atoms with van der Waals surface area (Å²) >= 11 is 7.04. The summed E-state index contributed by atoms with van der Waals surface area (Å²) in [4.78, 5) is 13.3. The maximum Gasteiger partial charge on any atom is 0.266 e. The van der Waals surface area contributed by atoms with Gasteiger partial charge in [-0.3, -0.25) is 9.10 Å². The summed E-state index contributed by atoms with van der Waals surface area (Å²) in [7, 11) is -2.53. The molecular formula is C25H21ClN2O3S2. The number of carbonyl (C=O) groups is 1. The topological polar surface area (TPSA) is 66.5 Å². The van der Waals surface area contributed by atoms with Crippen molar-refractivity contribution in [2.24, 2.45) is 0 Å². The van der Waals surface area contributed by atoms with E-state index in [1.165, 1.54) is 11.4 Å². The molecule has 0 aliphatic rings. The van der Waals surface area contributed by atoms with E-state index in [0.717, 1.165) is 22.5 Å². The number of hydrogen-bond donors (Lipinski definition) is 1. The van der Waals surface area contributed by atoms with Gasteiger partial charge in [0.25, 0.3) is 15.9 Å². The van der Waals surface area contributed by atoms with E-state index in [9.17, 15) is 13.2 Å². The summed E-state index contributed by atoms with van der Waals surface area (Å²) in [6.45, 7) is 0.253. The normalized spacial score (nSPS) is 11.2. The monoisotopic (exact) mass is 496 g/mol. The molecule has 1 N–H and O–H groups in total. The standard InChI is InChI=1S/C25H21ClN2O3S2/c1-28(21-10-6-3-7-11-21)33(30,31)24-22(19-8-4-2-5-9-19)17-32-23(24)25(29)27-16-18-12-14-20(26)15-13-18/h2-15,17H,16H2,1H3,(H,27,29). The van der Waals surface area contributed by atoms with Crippen molar-refractivity contribution in [3.63, 3.8) is 0 Å². The lowest BCUT2D eigenvalue weighted by molar-refractivity contribution is 0.0952. The van der Waals surface area contributed by atoms with Gasteiger partial charge in [-0.25, -0.2) is 8.42 Å². The van der Waals surface area contributed by atoms with Crippen molar-refractivity contribution in [2.75, 3.05) is 11.4 Å². The highest BCUT2D eigenvalue weighted by molar-refractivity contribution is 7.93. The smallest absolute Gasteiger partial charge is 0.266 e. The number of benzene rings is 3. The lowest BCUT2D eigenvalue weighted by Gasteiger charge is -2.21. The molecule has 4 rings (SSSR count). The highest BCUT2D eigenvalue weighted by Gasteiger charge is 2.32. The van der Waals surface area contributed by atoms with Crippen molar-refractivity contribution in [3.8, 4) is 11.1 Å². The van der Waals surface area contributed by atoms with Gasteiger partial charge in [-0.1, -0.05) is 72.3 Å². The van der Waals surface area contributed by atoms with E-state index in [1.54, 1.807) is 41.8 Å². The fourth-order valence-corrected chi connectivity index (χ4v) is 6.36. The third kappa shape index (κ3) is 4.95. The molecule has 0 aliphatic carbocycles. The molecule has 1 amide bonds. The second-order valence-corrected chi connectivity index (χ2v) is 10.5. The number of para-hydroxylation sites is 1. The summed E-state index contributed by atoms with van der Waals surface area (Å²) in [6.07, 6.45) is 0. The second-order valence-electron chi connectivity index (χ2n) is 7.29. The molecule has 33 heavy (non-hydrogen) atoms. The van der Waals surface area contributed by atoms with Gasteiger partial charge in [0.15, 0.2) is 0 Å². The third-order valence-corrected chi connectivity index (χ3v) is 8.37. The number of carbonyl (C=O) groups excluding carboxylic acids is 1. The number of thiophene rings is 1. The minimum absolute atomic E-state index is 0.00124. The van der Waals surface area contributed by atoms with Crippen LogP contribution < -0.4 is 9.62 Å². The van der Waals surface area contributed by atoms with Crippen LogP contribution in [-0.2, 0) is 16.6 Å². The van der Waals surface area contributed by atoms with Crippen molar-refractivity contribution < 1.29 is 13.2 Å². The largest absolute Gasteiger partial charge is 0.347 e. The van der Waals surface area contributed by atoms with Crippen LogP contribution in [0.25, 0.3) is 11.1 Å². The lowest BCUT2D eigenvalue weighted by atomic mass is 10.1. The van der Waals surface area contributed by atoms with Gasteiger partial charge in [-0.05, 0) is 35.4 Å². The molecule has 168 valence electrons. The molecule has 0 fully saturated rings. The number of sulfonamides is 1. The van der Waals surface area contributed by atoms with Crippen LogP contribution in [0.3, 0.4) is 0 Å². The summed E-state index contributed by atoms with van der Waals surface area (Å²) in [5, 5.41) is 5.16. The number of hydrogen-bond acceptors (Lipinski definition) is 4. The van der Waals surface area contributed by atoms with E-state index in [0.29, 0.717) is 16.3 Å². The third-order valence-electron chi connectivity index (χ3n) is 5.14. The van der Waals surface area contributed by atoms with Crippen LogP contribution in [0.1, 0.15) is 15.2 Å². The fourth-order valence-electron chi connectivity index (χ4n) is 3.36. The van der Waals surface area contributed by atoms with Crippen LogP contribution in [0.4, 0.5) is 5.69 Å². The minimum atomic E-state index is -4.03. The fraction of sp³-hybridized carbons (Fsp3) is 0.0800. The molecule has 0 unspecified atom stereocenters. The first-order valence-electron chi connectivity index (χ1n) is 10.1. The van der Waals surface area contributed by atoms with Crippen molar-refractivity contribution in [1.29, 1.82) is 0 Å². The average Bonchev–Trinajstić information content (AvgIpc) is 3.30. The number of anilines is 1. The van der Waals surface area contributed by atoms with Crippen LogP contribution in [-0.4, -0.2) is 21.4 Å². The van der Waals surface area contributed by atoms with Crippen molar-refractivity contribution >= 4 is 44.6 Å². The number of rotatable bonds is 7. The number of nitrogens with zero attached hydrogens (tertiary/aromatic N) is 1. The van der Waals surface area contributed by atoms with E-state index in [4.69, 9.17) is 11.6 Å². The zero-order valence-corrected chi connectivity index (χ0v) is 20.1. The molecule has 0 atom stereocenters. The predicted octanol–water partition coefficient (Wildman–Crippen LogP) is 5.82. The first-order valence-corrected chi connectivity index (χ1v) is 12.8. The Bertz CT molecular complexity index is 1350. The van der Waals surface area contributed by atoms with E-state index in [1.807, 2.05) is 48.5 Å². The van der Waals surface area contributed by atoms with Gasteiger partial charge in [0.2, 0.25) is 0 Å². The Morgan fingerprint density at radius 1 is 0.939 bits per heavy atom. The van der Waals surface area contributed by atoms with Gasteiger partial charge in [0.1, 0.15) is 9.77 Å². The Kier molecular flexibility index (Phi) is 6.83. The van der Waals surface area contributed by atoms with Crippen molar-refractivity contribution in [1.82, 2.24) is 5.32 Å². The molecule has 0 saturated carbocycles. The molecule has 1 aromatic heterocycles. The second kappa shape index (κ2) is 9.79. The molecule has 5 nitrogen and oxygen atoms in total. The van der Waals surface area contributed by atoms with Crippen LogP contribution in [0.15, 0.2) is 95.2 Å². The molecule has 8 heteroatoms. The molecule has 1 heterocycles. The van der Waals surface area contributed by atoms with Gasteiger partial charge in [0, 0.05) is 29.6 Å². The maximum absolute atomic E-state index is 13.8. The van der Waals surface area contributed by atoms with Crippen LogP contribution >= 0.6 is 22.9 Å². The van der Waals surface area contributed by atoms with E-state index < -0.39 is 15.9 Å². The molecule has 3 aromatic carbocycles. The molecule has 0 radical (unpaired) electrons. The number of amides is 1. The summed E-state index contributed by atoms with van der Waals surface area (Å²) in [5.74, 6) is -0.447. The van der Waals surface area contributed by atoms with Gasteiger partial charge in [0.05, 0.1) is 5.69 Å². The van der Waals surface area contributed by atoms with Crippen LogP contribution in [0.5, 0.6) is 0 Å². The predicted molar refractivity (Wildman–Crippen MR) is 134 cm³/mol. The Balaban J connectivity index is 1.74. The zero-order chi connectivity index (χ0) is 23.4. The number of nitrogens with one attached hydrogen (secondary N) is 1. The minimum Gasteiger partial charge on any atom is -0.347 e. The summed E-state index contributed by atoms with van der Waals surface area (Å²) in [6, 6.07) is 25.1. The van der Waals surface area contributed by atoms with Crippen LogP contribution in [0.2, 0.25) is 5.02 Å². The van der Waals surface area contributed by atoms with Gasteiger partial charge in [-0.2, -0.15) is 0 Å². The molecule has 0 spiro atoms.